The molecule has 1 heterocycles. The van der Waals surface area contributed by atoms with Gasteiger partial charge in [-0.3, -0.25) is 9.59 Å². The summed E-state index contributed by atoms with van der Waals surface area (Å²) in [5, 5.41) is 0. The van der Waals surface area contributed by atoms with Gasteiger partial charge in [-0.2, -0.15) is 0 Å². The Hall–Kier alpha value is -2.94. The van der Waals surface area contributed by atoms with Crippen molar-refractivity contribution in [1.29, 1.82) is 0 Å². The van der Waals surface area contributed by atoms with Gasteiger partial charge in [0.15, 0.2) is 0 Å². The van der Waals surface area contributed by atoms with Gasteiger partial charge in [-0.15, -0.1) is 6.58 Å². The van der Waals surface area contributed by atoms with Gasteiger partial charge in [0.2, 0.25) is 5.43 Å². The fourth-order valence-corrected chi connectivity index (χ4v) is 3.51. The molecule has 0 atom stereocenters. The molecule has 0 radical (unpaired) electrons. The Kier molecular flexibility index (Phi) is 3.42. The lowest BCUT2D eigenvalue weighted by Crippen LogP contribution is -2.40. The number of rotatable bonds is 4. The molecular weight excluding hydrogens is 298 g/mol. The number of allylic oxidation sites excluding steroid dienone is 1. The van der Waals surface area contributed by atoms with Gasteiger partial charge in [-0.25, -0.2) is 0 Å². The highest BCUT2D eigenvalue weighted by atomic mass is 16.2. The number of hydrogen-bond donors (Lipinski definition) is 0. The quantitative estimate of drug-likeness (QED) is 0.414. The van der Waals surface area contributed by atoms with Crippen molar-refractivity contribution in [3.63, 3.8) is 0 Å². The van der Waals surface area contributed by atoms with Crippen molar-refractivity contribution >= 4 is 11.4 Å². The summed E-state index contributed by atoms with van der Waals surface area (Å²) >= 11 is 0. The molecule has 4 rings (SSSR count). The second-order valence-corrected chi connectivity index (χ2v) is 6.03. The van der Waals surface area contributed by atoms with Crippen molar-refractivity contribution in [2.24, 2.45) is 0 Å². The summed E-state index contributed by atoms with van der Waals surface area (Å²) in [6.07, 6.45) is 3.63. The zero-order valence-electron chi connectivity index (χ0n) is 13.3. The summed E-state index contributed by atoms with van der Waals surface area (Å²) in [7, 11) is 0. The molecule has 0 N–H and O–H groups in total. The standard InChI is InChI=1S/C21H17NO2/c1-2-3-8-13-22-17-12-7-6-10-15(17)14-9-4-5-11-16(14)18-19(22)21(24)20(18)23/h2,4-7,9-12H,1,3,8,13H2. The van der Waals surface area contributed by atoms with E-state index in [4.69, 9.17) is 0 Å². The molecule has 0 amide bonds. The minimum absolute atomic E-state index is 0.376. The third kappa shape index (κ3) is 1.98. The van der Waals surface area contributed by atoms with Crippen molar-refractivity contribution in [3.05, 3.63) is 81.6 Å². The topological polar surface area (TPSA) is 37.4 Å². The first kappa shape index (κ1) is 14.6. The molecule has 0 unspecified atom stereocenters. The first-order valence-electron chi connectivity index (χ1n) is 8.14. The number of benzene rings is 2. The Morgan fingerprint density at radius 2 is 1.54 bits per heavy atom. The number of para-hydroxylation sites is 1. The van der Waals surface area contributed by atoms with E-state index in [0.29, 0.717) is 17.8 Å². The van der Waals surface area contributed by atoms with Gasteiger partial charge in [-0.1, -0.05) is 48.5 Å². The second-order valence-electron chi connectivity index (χ2n) is 6.03. The van der Waals surface area contributed by atoms with E-state index in [1.807, 2.05) is 53.4 Å². The summed E-state index contributed by atoms with van der Waals surface area (Å²) in [6.45, 7) is 4.45. The molecule has 0 fully saturated rings. The van der Waals surface area contributed by atoms with Crippen LogP contribution < -0.4 is 15.8 Å². The zero-order valence-corrected chi connectivity index (χ0v) is 13.3. The molecule has 3 heteroatoms. The van der Waals surface area contributed by atoms with E-state index in [9.17, 15) is 9.59 Å². The summed E-state index contributed by atoms with van der Waals surface area (Å²) in [5.74, 6) is 0. The second kappa shape index (κ2) is 5.60. The molecule has 0 aromatic heterocycles. The average Bonchev–Trinajstić information content (AvgIpc) is 2.74. The SMILES string of the molecule is C=CCCCN1c2ccccc2-c2ccccc2-c2c1c(=O)c2=O. The third-order valence-electron chi connectivity index (χ3n) is 4.63. The molecule has 3 aromatic rings. The molecule has 0 saturated heterocycles. The Morgan fingerprint density at radius 3 is 2.29 bits per heavy atom. The normalized spacial score (nSPS) is 12.2. The Labute approximate surface area is 140 Å². The average molecular weight is 315 g/mol. The highest BCUT2D eigenvalue weighted by molar-refractivity contribution is 6.00. The Bertz CT molecular complexity index is 1010. The molecular formula is C21H17NO2. The predicted molar refractivity (Wildman–Crippen MR) is 98.7 cm³/mol. The van der Waals surface area contributed by atoms with Crippen molar-refractivity contribution in [3.8, 4) is 22.3 Å². The fraction of sp³-hybridized carbons (Fsp3) is 0.143. The first-order chi connectivity index (χ1) is 11.7. The van der Waals surface area contributed by atoms with Gasteiger partial charge >= 0.3 is 0 Å². The van der Waals surface area contributed by atoms with Gasteiger partial charge in [-0.05, 0) is 30.0 Å². The van der Waals surface area contributed by atoms with Gasteiger partial charge < -0.3 is 4.90 Å². The fourth-order valence-electron chi connectivity index (χ4n) is 3.51. The van der Waals surface area contributed by atoms with Gasteiger partial charge in [0.25, 0.3) is 5.43 Å². The molecule has 118 valence electrons. The highest BCUT2D eigenvalue weighted by Crippen LogP contribution is 2.45. The van der Waals surface area contributed by atoms with Crippen LogP contribution >= 0.6 is 0 Å². The molecule has 0 bridgehead atoms. The van der Waals surface area contributed by atoms with Crippen molar-refractivity contribution in [2.75, 3.05) is 11.4 Å². The van der Waals surface area contributed by atoms with Crippen molar-refractivity contribution < 1.29 is 0 Å². The van der Waals surface area contributed by atoms with E-state index in [2.05, 4.69) is 12.6 Å². The maximum atomic E-state index is 12.3. The maximum Gasteiger partial charge on any atom is 0.250 e. The van der Waals surface area contributed by atoms with Crippen LogP contribution in [0, 0.1) is 0 Å². The number of hydrogen-bond acceptors (Lipinski definition) is 3. The van der Waals surface area contributed by atoms with Gasteiger partial charge in [0.05, 0.1) is 5.56 Å². The van der Waals surface area contributed by atoms with Gasteiger partial charge in [0, 0.05) is 17.8 Å². The predicted octanol–water partition coefficient (Wildman–Crippen LogP) is 4.03. The van der Waals surface area contributed by atoms with Crippen LogP contribution in [-0.4, -0.2) is 6.54 Å². The lowest BCUT2D eigenvalue weighted by Gasteiger charge is -2.27. The third-order valence-corrected chi connectivity index (χ3v) is 4.63. The molecule has 0 spiro atoms. The minimum atomic E-state index is -0.380. The van der Waals surface area contributed by atoms with Crippen molar-refractivity contribution in [2.45, 2.75) is 12.8 Å². The van der Waals surface area contributed by atoms with Crippen LogP contribution in [0.15, 0.2) is 70.8 Å². The molecule has 24 heavy (non-hydrogen) atoms. The largest absolute Gasteiger partial charge is 0.337 e. The summed E-state index contributed by atoms with van der Waals surface area (Å²) in [6, 6.07) is 15.9. The Morgan fingerprint density at radius 1 is 0.875 bits per heavy atom. The molecule has 3 nitrogen and oxygen atoms in total. The molecule has 0 aliphatic carbocycles. The summed E-state index contributed by atoms with van der Waals surface area (Å²) in [4.78, 5) is 26.6. The summed E-state index contributed by atoms with van der Waals surface area (Å²) in [5.41, 5.74) is 4.26. The zero-order chi connectivity index (χ0) is 16.7. The smallest absolute Gasteiger partial charge is 0.250 e. The van der Waals surface area contributed by atoms with Crippen LogP contribution in [0.5, 0.6) is 0 Å². The first-order valence-corrected chi connectivity index (χ1v) is 8.14. The van der Waals surface area contributed by atoms with E-state index >= 15 is 0 Å². The van der Waals surface area contributed by atoms with E-state index < -0.39 is 0 Å². The minimum Gasteiger partial charge on any atom is -0.337 e. The van der Waals surface area contributed by atoms with E-state index in [1.54, 1.807) is 0 Å². The number of anilines is 2. The molecule has 0 saturated carbocycles. The van der Waals surface area contributed by atoms with Crippen molar-refractivity contribution in [1.82, 2.24) is 0 Å². The number of unbranched alkanes of at least 4 members (excludes halogenated alkanes) is 1. The van der Waals surface area contributed by atoms with Crippen LogP contribution in [-0.2, 0) is 0 Å². The van der Waals surface area contributed by atoms with E-state index in [-0.39, 0.29) is 10.9 Å². The van der Waals surface area contributed by atoms with Crippen LogP contribution in [0.4, 0.5) is 11.4 Å². The molecule has 1 aliphatic rings. The van der Waals surface area contributed by atoms with Gasteiger partial charge in [0.1, 0.15) is 5.69 Å². The summed E-state index contributed by atoms with van der Waals surface area (Å²) < 4.78 is 0. The lowest BCUT2D eigenvalue weighted by molar-refractivity contribution is 0.823. The highest BCUT2D eigenvalue weighted by Gasteiger charge is 2.33. The monoisotopic (exact) mass is 315 g/mol. The number of fused-ring (bicyclic) bond motifs is 5. The molecule has 1 aliphatic heterocycles. The van der Waals surface area contributed by atoms with Crippen LogP contribution in [0.1, 0.15) is 12.8 Å². The maximum absolute atomic E-state index is 12.3. The van der Waals surface area contributed by atoms with E-state index in [0.717, 1.165) is 35.2 Å². The lowest BCUT2D eigenvalue weighted by atomic mass is 9.92. The van der Waals surface area contributed by atoms with Crippen LogP contribution in [0.3, 0.4) is 0 Å². The molecule has 3 aromatic carbocycles. The van der Waals surface area contributed by atoms with Crippen LogP contribution in [0.25, 0.3) is 22.3 Å². The number of nitrogens with zero attached hydrogens (tertiary/aromatic N) is 1. The Balaban J connectivity index is 2.00. The van der Waals surface area contributed by atoms with E-state index in [1.165, 1.54) is 0 Å². The van der Waals surface area contributed by atoms with Crippen LogP contribution in [0.2, 0.25) is 0 Å².